The molecule has 7 heteroatoms. The fourth-order valence-corrected chi connectivity index (χ4v) is 3.34. The SMILES string of the molecule is Cc1nc(-c2ccccc2)sc1C(=O)NNC(=O)/C=C/c1ccc(C#N)cc1. The predicted molar refractivity (Wildman–Crippen MR) is 108 cm³/mol. The molecule has 1 heterocycles. The summed E-state index contributed by atoms with van der Waals surface area (Å²) in [6, 6.07) is 18.4. The summed E-state index contributed by atoms with van der Waals surface area (Å²) < 4.78 is 0. The van der Waals surface area contributed by atoms with Crippen LogP contribution in [0.5, 0.6) is 0 Å². The summed E-state index contributed by atoms with van der Waals surface area (Å²) in [5, 5.41) is 9.52. The highest BCUT2D eigenvalue weighted by atomic mass is 32.1. The van der Waals surface area contributed by atoms with E-state index in [-0.39, 0.29) is 0 Å². The van der Waals surface area contributed by atoms with Crippen molar-refractivity contribution in [3.63, 3.8) is 0 Å². The Kier molecular flexibility index (Phi) is 5.94. The maximum absolute atomic E-state index is 12.3. The van der Waals surface area contributed by atoms with Crippen molar-refractivity contribution in [3.8, 4) is 16.6 Å². The van der Waals surface area contributed by atoms with Gasteiger partial charge in [0.05, 0.1) is 17.3 Å². The first-order valence-corrected chi connectivity index (χ1v) is 9.20. The van der Waals surface area contributed by atoms with E-state index in [1.54, 1.807) is 37.3 Å². The number of benzene rings is 2. The molecule has 138 valence electrons. The number of carbonyl (C=O) groups is 2. The lowest BCUT2D eigenvalue weighted by Crippen LogP contribution is -2.40. The van der Waals surface area contributed by atoms with Gasteiger partial charge in [0.15, 0.2) is 0 Å². The quantitative estimate of drug-likeness (QED) is 0.528. The van der Waals surface area contributed by atoms with Crippen molar-refractivity contribution < 1.29 is 9.59 Å². The molecule has 0 aliphatic carbocycles. The van der Waals surface area contributed by atoms with Gasteiger partial charge in [-0.2, -0.15) is 5.26 Å². The van der Waals surface area contributed by atoms with Crippen molar-refractivity contribution in [1.29, 1.82) is 5.26 Å². The third-order valence-electron chi connectivity index (χ3n) is 3.79. The van der Waals surface area contributed by atoms with Crippen molar-refractivity contribution in [2.24, 2.45) is 0 Å². The smallest absolute Gasteiger partial charge is 0.268 e. The van der Waals surface area contributed by atoms with Crippen LogP contribution in [0, 0.1) is 18.3 Å². The molecule has 0 saturated heterocycles. The molecule has 0 unspecified atom stereocenters. The fourth-order valence-electron chi connectivity index (χ4n) is 2.37. The van der Waals surface area contributed by atoms with Crippen LogP contribution in [-0.4, -0.2) is 16.8 Å². The minimum Gasteiger partial charge on any atom is -0.268 e. The van der Waals surface area contributed by atoms with E-state index in [9.17, 15) is 9.59 Å². The van der Waals surface area contributed by atoms with E-state index in [0.717, 1.165) is 16.1 Å². The average Bonchev–Trinajstić information content (AvgIpc) is 3.13. The molecule has 0 aliphatic rings. The fraction of sp³-hybridized carbons (Fsp3) is 0.0476. The molecule has 2 N–H and O–H groups in total. The number of amides is 2. The number of aromatic nitrogens is 1. The van der Waals surface area contributed by atoms with Gasteiger partial charge in [0.2, 0.25) is 0 Å². The second kappa shape index (κ2) is 8.75. The molecular weight excluding hydrogens is 372 g/mol. The van der Waals surface area contributed by atoms with Gasteiger partial charge in [-0.15, -0.1) is 11.3 Å². The molecule has 28 heavy (non-hydrogen) atoms. The Hall–Kier alpha value is -3.76. The van der Waals surface area contributed by atoms with Crippen LogP contribution >= 0.6 is 11.3 Å². The lowest BCUT2D eigenvalue weighted by atomic mass is 10.1. The summed E-state index contributed by atoms with van der Waals surface area (Å²) >= 11 is 1.27. The molecule has 3 aromatic rings. The van der Waals surface area contributed by atoms with Crippen molar-refractivity contribution in [2.45, 2.75) is 6.92 Å². The average molecular weight is 388 g/mol. The van der Waals surface area contributed by atoms with Crippen LogP contribution in [0.1, 0.15) is 26.5 Å². The summed E-state index contributed by atoms with van der Waals surface area (Å²) in [6.45, 7) is 1.75. The van der Waals surface area contributed by atoms with Crippen molar-refractivity contribution in [3.05, 3.63) is 82.4 Å². The molecule has 0 saturated carbocycles. The summed E-state index contributed by atoms with van der Waals surface area (Å²) in [7, 11) is 0. The lowest BCUT2D eigenvalue weighted by molar-refractivity contribution is -0.117. The Balaban J connectivity index is 1.59. The minimum atomic E-state index is -0.469. The molecule has 2 aromatic carbocycles. The highest BCUT2D eigenvalue weighted by Gasteiger charge is 2.16. The van der Waals surface area contributed by atoms with Gasteiger partial charge in [-0.05, 0) is 30.7 Å². The molecule has 3 rings (SSSR count). The van der Waals surface area contributed by atoms with E-state index in [1.165, 1.54) is 17.4 Å². The molecule has 0 aliphatic heterocycles. The van der Waals surface area contributed by atoms with Crippen LogP contribution < -0.4 is 10.9 Å². The van der Waals surface area contributed by atoms with Crippen molar-refractivity contribution in [2.75, 3.05) is 0 Å². The molecular formula is C21H16N4O2S. The number of nitriles is 1. The number of hydrogen-bond donors (Lipinski definition) is 2. The molecule has 0 radical (unpaired) electrons. The predicted octanol–water partition coefficient (Wildman–Crippen LogP) is 3.46. The van der Waals surface area contributed by atoms with Gasteiger partial charge >= 0.3 is 0 Å². The van der Waals surface area contributed by atoms with Gasteiger partial charge in [-0.25, -0.2) is 4.98 Å². The Bertz CT molecular complexity index is 1060. The van der Waals surface area contributed by atoms with E-state index in [4.69, 9.17) is 5.26 Å². The summed E-state index contributed by atoms with van der Waals surface area (Å²) in [4.78, 5) is 29.1. The minimum absolute atomic E-state index is 0.419. The number of nitrogens with one attached hydrogen (secondary N) is 2. The largest absolute Gasteiger partial charge is 0.281 e. The number of hydrazine groups is 1. The summed E-state index contributed by atoms with van der Waals surface area (Å²) in [5.41, 5.74) is 7.60. The maximum atomic E-state index is 12.3. The topological polar surface area (TPSA) is 94.9 Å². The number of rotatable bonds is 4. The summed E-state index contributed by atoms with van der Waals surface area (Å²) in [6.07, 6.45) is 2.89. The van der Waals surface area contributed by atoms with Crippen LogP contribution in [0.25, 0.3) is 16.6 Å². The molecule has 6 nitrogen and oxygen atoms in total. The Morgan fingerprint density at radius 1 is 1.07 bits per heavy atom. The molecule has 0 bridgehead atoms. The first kappa shape index (κ1) is 19.0. The third kappa shape index (κ3) is 4.69. The first-order chi connectivity index (χ1) is 13.6. The van der Waals surface area contributed by atoms with Crippen molar-refractivity contribution >= 4 is 29.2 Å². The van der Waals surface area contributed by atoms with Crippen LogP contribution in [0.15, 0.2) is 60.7 Å². The Morgan fingerprint density at radius 2 is 1.79 bits per heavy atom. The zero-order valence-electron chi connectivity index (χ0n) is 15.0. The Morgan fingerprint density at radius 3 is 2.46 bits per heavy atom. The molecule has 1 aromatic heterocycles. The van der Waals surface area contributed by atoms with Crippen LogP contribution in [0.2, 0.25) is 0 Å². The molecule has 0 atom stereocenters. The molecule has 0 fully saturated rings. The molecule has 2 amide bonds. The van der Waals surface area contributed by atoms with Gasteiger partial charge in [0, 0.05) is 11.6 Å². The highest BCUT2D eigenvalue weighted by molar-refractivity contribution is 7.17. The summed E-state index contributed by atoms with van der Waals surface area (Å²) in [5.74, 6) is -0.888. The number of thiazole rings is 1. The van der Waals surface area contributed by atoms with Crippen LogP contribution in [0.4, 0.5) is 0 Å². The monoisotopic (exact) mass is 388 g/mol. The number of aryl methyl sites for hydroxylation is 1. The van der Waals surface area contributed by atoms with Gasteiger partial charge < -0.3 is 0 Å². The van der Waals surface area contributed by atoms with Crippen LogP contribution in [-0.2, 0) is 4.79 Å². The zero-order chi connectivity index (χ0) is 19.9. The number of carbonyl (C=O) groups excluding carboxylic acids is 2. The van der Waals surface area contributed by atoms with E-state index >= 15 is 0 Å². The third-order valence-corrected chi connectivity index (χ3v) is 5.00. The zero-order valence-corrected chi connectivity index (χ0v) is 15.8. The van der Waals surface area contributed by atoms with Crippen molar-refractivity contribution in [1.82, 2.24) is 15.8 Å². The second-order valence-electron chi connectivity index (χ2n) is 5.81. The Labute approximate surface area is 166 Å². The second-order valence-corrected chi connectivity index (χ2v) is 6.81. The van der Waals surface area contributed by atoms with Gasteiger partial charge in [-0.1, -0.05) is 42.5 Å². The standard InChI is InChI=1S/C21H16N4O2S/c1-14-19(28-21(23-14)17-5-3-2-4-6-17)20(27)25-24-18(26)12-11-15-7-9-16(13-22)10-8-15/h2-12H,1H3,(H,24,26)(H,25,27)/b12-11+. The molecule has 0 spiro atoms. The normalized spacial score (nSPS) is 10.4. The number of nitrogens with zero attached hydrogens (tertiary/aromatic N) is 2. The van der Waals surface area contributed by atoms with E-state index in [1.807, 2.05) is 36.4 Å². The maximum Gasteiger partial charge on any atom is 0.281 e. The first-order valence-electron chi connectivity index (χ1n) is 8.38. The van der Waals surface area contributed by atoms with E-state index in [2.05, 4.69) is 15.8 Å². The van der Waals surface area contributed by atoms with Gasteiger partial charge in [-0.3, -0.25) is 20.4 Å². The number of hydrogen-bond acceptors (Lipinski definition) is 5. The van der Waals surface area contributed by atoms with Crippen LogP contribution in [0.3, 0.4) is 0 Å². The van der Waals surface area contributed by atoms with E-state index in [0.29, 0.717) is 16.1 Å². The van der Waals surface area contributed by atoms with E-state index < -0.39 is 11.8 Å². The van der Waals surface area contributed by atoms with Gasteiger partial charge in [0.1, 0.15) is 9.88 Å². The lowest BCUT2D eigenvalue weighted by Gasteiger charge is -2.03. The van der Waals surface area contributed by atoms with Gasteiger partial charge in [0.25, 0.3) is 11.8 Å². The highest BCUT2D eigenvalue weighted by Crippen LogP contribution is 2.27.